The highest BCUT2D eigenvalue weighted by molar-refractivity contribution is 6.11. The molecule has 2 fully saturated rings. The van der Waals surface area contributed by atoms with E-state index < -0.39 is 30.7 Å². The number of urea groups is 1. The summed E-state index contributed by atoms with van der Waals surface area (Å²) in [5.74, 6) is 0. The molecule has 2 N–H and O–H groups in total. The maximum Gasteiger partial charge on any atom is 0.350 e. The molecule has 2 saturated heterocycles. The zero-order valence-electron chi connectivity index (χ0n) is 15.2. The number of hydrogen-bond acceptors (Lipinski definition) is 5. The normalized spacial score (nSPS) is 28.6. The molecular weight excluding hydrogens is 372 g/mol. The summed E-state index contributed by atoms with van der Waals surface area (Å²) in [4.78, 5) is 26.8. The highest BCUT2D eigenvalue weighted by atomic mass is 16.6. The molecule has 0 spiro atoms. The highest BCUT2D eigenvalue weighted by Crippen LogP contribution is 2.37. The van der Waals surface area contributed by atoms with Crippen LogP contribution >= 0.6 is 0 Å². The molecule has 7 rings (SSSR count). The SMILES string of the molecule is O=C1N=c2[nH]c3c4cccc5cccc(c=3nc2[C@@H]2OC[C@H]3O[C@H](C[C@@H]3O)N12)c54. The van der Waals surface area contributed by atoms with Crippen LogP contribution in [0.4, 0.5) is 4.79 Å². The Labute approximate surface area is 163 Å². The van der Waals surface area contributed by atoms with Gasteiger partial charge in [-0.3, -0.25) is 4.90 Å². The Kier molecular flexibility index (Phi) is 2.89. The monoisotopic (exact) mass is 388 g/mol. The number of hydrogen-bond donors (Lipinski definition) is 2. The Balaban J connectivity index is 1.53. The molecule has 1 aliphatic carbocycles. The van der Waals surface area contributed by atoms with E-state index in [-0.39, 0.29) is 6.61 Å². The van der Waals surface area contributed by atoms with Gasteiger partial charge in [0.2, 0.25) is 0 Å². The number of aromatic nitrogens is 2. The minimum Gasteiger partial charge on any atom is -0.390 e. The number of aliphatic hydroxyl groups is 1. The van der Waals surface area contributed by atoms with Crippen LogP contribution in [-0.2, 0) is 9.47 Å². The number of aromatic amines is 1. The van der Waals surface area contributed by atoms with E-state index in [9.17, 15) is 9.90 Å². The number of benzene rings is 2. The van der Waals surface area contributed by atoms with Gasteiger partial charge in [0.1, 0.15) is 18.0 Å². The Hall–Kier alpha value is -3.07. The lowest BCUT2D eigenvalue weighted by atomic mass is 10.1. The largest absolute Gasteiger partial charge is 0.390 e. The van der Waals surface area contributed by atoms with Crippen LogP contribution in [0, 0.1) is 10.7 Å². The molecule has 29 heavy (non-hydrogen) atoms. The van der Waals surface area contributed by atoms with Crippen molar-refractivity contribution in [3.05, 3.63) is 58.3 Å². The molecule has 4 atom stereocenters. The van der Waals surface area contributed by atoms with E-state index >= 15 is 0 Å². The summed E-state index contributed by atoms with van der Waals surface area (Å²) in [5.41, 5.74) is 0.983. The van der Waals surface area contributed by atoms with Crippen molar-refractivity contribution in [1.29, 1.82) is 0 Å². The molecule has 4 heterocycles. The molecule has 0 aromatic heterocycles. The van der Waals surface area contributed by atoms with Crippen LogP contribution in [0.3, 0.4) is 0 Å². The zero-order chi connectivity index (χ0) is 19.3. The first-order chi connectivity index (χ1) is 14.2. The van der Waals surface area contributed by atoms with Crippen molar-refractivity contribution in [1.82, 2.24) is 14.9 Å². The van der Waals surface area contributed by atoms with Crippen LogP contribution in [0.5, 0.6) is 0 Å². The molecule has 2 aromatic rings. The van der Waals surface area contributed by atoms with Gasteiger partial charge < -0.3 is 19.6 Å². The number of aliphatic hydroxyl groups excluding tert-OH is 1. The number of rotatable bonds is 0. The lowest BCUT2D eigenvalue weighted by Crippen LogP contribution is -2.48. The van der Waals surface area contributed by atoms with Crippen LogP contribution < -0.4 is 5.49 Å². The first-order valence-corrected chi connectivity index (χ1v) is 9.68. The summed E-state index contributed by atoms with van der Waals surface area (Å²) in [6.45, 7) is 0.195. The number of amides is 2. The number of H-pyrrole nitrogens is 1. The third-order valence-corrected chi connectivity index (χ3v) is 6.23. The van der Waals surface area contributed by atoms with Crippen molar-refractivity contribution in [3.63, 3.8) is 0 Å². The molecule has 0 unspecified atom stereocenters. The second-order valence-electron chi connectivity index (χ2n) is 7.82. The lowest BCUT2D eigenvalue weighted by molar-refractivity contribution is -0.0732. The fraction of sp³-hybridized carbons (Fsp3) is 0.286. The van der Waals surface area contributed by atoms with Gasteiger partial charge in [0, 0.05) is 22.6 Å². The molecule has 8 heteroatoms. The average Bonchev–Trinajstić information content (AvgIpc) is 3.15. The van der Waals surface area contributed by atoms with Crippen molar-refractivity contribution in [2.24, 2.45) is 4.99 Å². The molecule has 144 valence electrons. The van der Waals surface area contributed by atoms with E-state index in [0.29, 0.717) is 17.6 Å². The average molecular weight is 388 g/mol. The van der Waals surface area contributed by atoms with Gasteiger partial charge in [-0.15, -0.1) is 0 Å². The number of nitrogens with zero attached hydrogens (tertiary/aromatic N) is 3. The molecular formula is C21H16N4O4. The maximum atomic E-state index is 12.8. The third kappa shape index (κ3) is 1.95. The Morgan fingerprint density at radius 2 is 2.00 bits per heavy atom. The number of nitrogens with one attached hydrogen (secondary N) is 1. The summed E-state index contributed by atoms with van der Waals surface area (Å²) in [5, 5.41) is 16.2. The van der Waals surface area contributed by atoms with Crippen molar-refractivity contribution in [2.75, 3.05) is 6.61 Å². The number of fused-ring (bicyclic) bond motifs is 8. The van der Waals surface area contributed by atoms with Gasteiger partial charge in [-0.05, 0) is 5.39 Å². The molecule has 0 saturated carbocycles. The second kappa shape index (κ2) is 5.29. The maximum absolute atomic E-state index is 12.8. The Morgan fingerprint density at radius 3 is 2.86 bits per heavy atom. The summed E-state index contributed by atoms with van der Waals surface area (Å²) >= 11 is 0. The molecule has 4 aliphatic heterocycles. The van der Waals surface area contributed by atoms with Crippen LogP contribution in [0.1, 0.15) is 18.3 Å². The van der Waals surface area contributed by atoms with Crippen molar-refractivity contribution in [3.8, 4) is 0 Å². The summed E-state index contributed by atoms with van der Waals surface area (Å²) < 4.78 is 11.8. The van der Waals surface area contributed by atoms with Gasteiger partial charge in [-0.1, -0.05) is 36.4 Å². The molecule has 2 bridgehead atoms. The minimum atomic E-state index is -0.693. The third-order valence-electron chi connectivity index (χ3n) is 6.23. The van der Waals surface area contributed by atoms with E-state index in [2.05, 4.69) is 34.2 Å². The summed E-state index contributed by atoms with van der Waals surface area (Å²) in [6, 6.07) is 11.9. The van der Waals surface area contributed by atoms with Gasteiger partial charge in [-0.2, -0.15) is 4.99 Å². The fourth-order valence-corrected chi connectivity index (χ4v) is 4.91. The first kappa shape index (κ1) is 15.8. The quantitative estimate of drug-likeness (QED) is 0.478. The molecule has 0 radical (unpaired) electrons. The lowest BCUT2D eigenvalue weighted by Gasteiger charge is -2.34. The van der Waals surface area contributed by atoms with Crippen LogP contribution in [-0.4, -0.2) is 51.0 Å². The van der Waals surface area contributed by atoms with E-state index in [1.807, 2.05) is 12.1 Å². The number of carbonyl (C=O) groups is 1. The predicted octanol–water partition coefficient (Wildman–Crippen LogP) is 1.72. The molecule has 8 nitrogen and oxygen atoms in total. The van der Waals surface area contributed by atoms with E-state index in [0.717, 1.165) is 32.2 Å². The van der Waals surface area contributed by atoms with Crippen molar-refractivity contribution >= 4 is 27.6 Å². The smallest absolute Gasteiger partial charge is 0.350 e. The molecule has 5 aliphatic rings. The molecule has 2 amide bonds. The van der Waals surface area contributed by atoms with E-state index in [1.165, 1.54) is 4.90 Å². The predicted molar refractivity (Wildman–Crippen MR) is 101 cm³/mol. The zero-order valence-corrected chi connectivity index (χ0v) is 15.2. The van der Waals surface area contributed by atoms with Gasteiger partial charge in [0.25, 0.3) is 0 Å². The van der Waals surface area contributed by atoms with Gasteiger partial charge >= 0.3 is 6.03 Å². The second-order valence-corrected chi connectivity index (χ2v) is 7.82. The highest BCUT2D eigenvalue weighted by Gasteiger charge is 2.48. The Morgan fingerprint density at radius 1 is 1.17 bits per heavy atom. The summed E-state index contributed by atoms with van der Waals surface area (Å²) in [6.07, 6.45) is -2.01. The van der Waals surface area contributed by atoms with Gasteiger partial charge in [0.05, 0.1) is 23.4 Å². The standard InChI is InChI=1S/C21H16N4O4/c26-12-7-14-25-20(28-8-13(12)29-14)18-19(24-21(25)27)23-17-11-6-2-4-9-3-1-5-10(15(9)11)16(17)22-18/h1-6,12-14,20,26H,7-8H2,(H,23,24,27)/t12-,13+,14+,20-/m0/s1. The van der Waals surface area contributed by atoms with Crippen LogP contribution in [0.25, 0.3) is 21.5 Å². The Bertz CT molecular complexity index is 1440. The van der Waals surface area contributed by atoms with E-state index in [1.54, 1.807) is 0 Å². The van der Waals surface area contributed by atoms with Crippen LogP contribution in [0.15, 0.2) is 41.4 Å². The summed E-state index contributed by atoms with van der Waals surface area (Å²) in [7, 11) is 0. The van der Waals surface area contributed by atoms with Gasteiger partial charge in [-0.25, -0.2) is 9.78 Å². The number of ether oxygens (including phenoxy) is 2. The first-order valence-electron chi connectivity index (χ1n) is 9.68. The fourth-order valence-electron chi connectivity index (χ4n) is 4.91. The van der Waals surface area contributed by atoms with Crippen molar-refractivity contribution in [2.45, 2.75) is 31.1 Å². The number of carbonyl (C=O) groups excluding carboxylic acids is 1. The van der Waals surface area contributed by atoms with Crippen LogP contribution in [0.2, 0.25) is 0 Å². The minimum absolute atomic E-state index is 0.195. The topological polar surface area (TPSA) is 100 Å². The molecule has 2 aromatic carbocycles. The van der Waals surface area contributed by atoms with Crippen molar-refractivity contribution < 1.29 is 19.4 Å². The van der Waals surface area contributed by atoms with E-state index in [4.69, 9.17) is 14.5 Å². The van der Waals surface area contributed by atoms with Gasteiger partial charge in [0.15, 0.2) is 11.7 Å².